The van der Waals surface area contributed by atoms with Crippen LogP contribution in [0.4, 0.5) is 0 Å². The molecule has 0 saturated heterocycles. The van der Waals surface area contributed by atoms with Gasteiger partial charge in [0.05, 0.1) is 0 Å². The van der Waals surface area contributed by atoms with Crippen molar-refractivity contribution in [2.24, 2.45) is 0 Å². The van der Waals surface area contributed by atoms with Crippen LogP contribution in [0.1, 0.15) is 297 Å². The minimum absolute atomic E-state index is 0.0811. The van der Waals surface area contributed by atoms with Crippen LogP contribution < -0.4 is 0 Å². The number of unbranched alkanes of at least 4 members (excludes halogenated alkanes) is 33. The van der Waals surface area contributed by atoms with E-state index in [1.807, 2.05) is 0 Å². The zero-order valence-corrected chi connectivity index (χ0v) is 44.0. The summed E-state index contributed by atoms with van der Waals surface area (Å²) in [4.78, 5) is 38.1. The van der Waals surface area contributed by atoms with Gasteiger partial charge in [-0.05, 0) is 103 Å². The predicted octanol–water partition coefficient (Wildman–Crippen LogP) is 19.0. The molecule has 6 nitrogen and oxygen atoms in total. The summed E-state index contributed by atoms with van der Waals surface area (Å²) in [5, 5.41) is 0. The van der Waals surface area contributed by atoms with E-state index in [9.17, 15) is 14.4 Å². The van der Waals surface area contributed by atoms with Gasteiger partial charge in [0.25, 0.3) is 0 Å². The van der Waals surface area contributed by atoms with Gasteiger partial charge in [0.1, 0.15) is 13.2 Å². The predicted molar refractivity (Wildman–Crippen MR) is 284 cm³/mol. The average molecular weight is 926 g/mol. The molecule has 0 aromatic carbocycles. The highest BCUT2D eigenvalue weighted by atomic mass is 16.6. The number of carbonyl (C=O) groups is 3. The summed E-state index contributed by atoms with van der Waals surface area (Å²) in [5.74, 6) is -0.894. The van der Waals surface area contributed by atoms with Crippen molar-refractivity contribution in [2.45, 2.75) is 303 Å². The maximum absolute atomic E-state index is 12.8. The Hall–Kier alpha value is -2.63. The molecular weight excluding hydrogens is 817 g/mol. The molecular formula is C60H108O6. The third kappa shape index (κ3) is 52.3. The van der Waals surface area contributed by atoms with E-state index in [0.717, 1.165) is 89.9 Å². The zero-order chi connectivity index (χ0) is 47.9. The summed E-state index contributed by atoms with van der Waals surface area (Å²) in [5.41, 5.74) is 0. The van der Waals surface area contributed by atoms with E-state index in [1.165, 1.54) is 167 Å². The molecule has 0 radical (unpaired) electrons. The molecule has 0 saturated carbocycles. The molecule has 0 aliphatic rings. The van der Waals surface area contributed by atoms with Crippen molar-refractivity contribution in [3.05, 3.63) is 48.6 Å². The molecule has 6 heteroatoms. The molecule has 0 fully saturated rings. The van der Waals surface area contributed by atoms with Gasteiger partial charge in [0.15, 0.2) is 6.10 Å². The van der Waals surface area contributed by atoms with Crippen LogP contribution in [-0.2, 0) is 28.6 Å². The van der Waals surface area contributed by atoms with Crippen LogP contribution >= 0.6 is 0 Å². The Morgan fingerprint density at radius 2 is 0.545 bits per heavy atom. The Morgan fingerprint density at radius 3 is 0.879 bits per heavy atom. The molecule has 0 aliphatic carbocycles. The van der Waals surface area contributed by atoms with E-state index < -0.39 is 6.10 Å². The van der Waals surface area contributed by atoms with Crippen LogP contribution in [0.3, 0.4) is 0 Å². The van der Waals surface area contributed by atoms with Gasteiger partial charge < -0.3 is 14.2 Å². The fraction of sp³-hybridized carbons (Fsp3) is 0.817. The monoisotopic (exact) mass is 925 g/mol. The summed E-state index contributed by atoms with van der Waals surface area (Å²) >= 11 is 0. The Kier molecular flexibility index (Phi) is 52.8. The van der Waals surface area contributed by atoms with Crippen molar-refractivity contribution >= 4 is 17.9 Å². The van der Waals surface area contributed by atoms with Crippen LogP contribution in [0.2, 0.25) is 0 Å². The first-order valence-electron chi connectivity index (χ1n) is 28.6. The van der Waals surface area contributed by atoms with Crippen LogP contribution in [0.15, 0.2) is 48.6 Å². The molecule has 384 valence electrons. The summed E-state index contributed by atoms with van der Waals surface area (Å²) in [7, 11) is 0. The molecule has 1 atom stereocenters. The zero-order valence-electron chi connectivity index (χ0n) is 44.0. The standard InChI is InChI=1S/C60H108O6/c1-4-7-10-13-16-19-22-25-28-29-30-31-33-35-38-41-44-47-50-53-59(62)65-56-57(55-64-58(61)52-49-46-43-40-37-34-27-24-21-18-15-12-9-6-3)66-60(63)54-51-48-45-42-39-36-32-26-23-20-17-14-11-8-5-2/h17,20,24-28,32,57H,4-16,18-19,21-23,29-31,33-56H2,1-3H3/b20-17-,27-24-,28-25-,32-26-. The third-order valence-electron chi connectivity index (χ3n) is 12.5. The minimum atomic E-state index is -0.783. The molecule has 0 N–H and O–H groups in total. The Morgan fingerprint density at radius 1 is 0.303 bits per heavy atom. The van der Waals surface area contributed by atoms with Crippen LogP contribution in [0.5, 0.6) is 0 Å². The van der Waals surface area contributed by atoms with E-state index in [0.29, 0.717) is 19.3 Å². The number of hydrogen-bond acceptors (Lipinski definition) is 6. The lowest BCUT2D eigenvalue weighted by atomic mass is 10.1. The lowest BCUT2D eigenvalue weighted by Gasteiger charge is -2.18. The molecule has 0 heterocycles. The van der Waals surface area contributed by atoms with Gasteiger partial charge in [-0.25, -0.2) is 0 Å². The summed E-state index contributed by atoms with van der Waals surface area (Å²) < 4.78 is 16.8. The van der Waals surface area contributed by atoms with Gasteiger partial charge in [-0.15, -0.1) is 0 Å². The van der Waals surface area contributed by atoms with Crippen LogP contribution in [-0.4, -0.2) is 37.2 Å². The van der Waals surface area contributed by atoms with E-state index in [-0.39, 0.29) is 31.1 Å². The third-order valence-corrected chi connectivity index (χ3v) is 12.5. The number of allylic oxidation sites excluding steroid dienone is 8. The van der Waals surface area contributed by atoms with Crippen molar-refractivity contribution in [3.63, 3.8) is 0 Å². The highest BCUT2D eigenvalue weighted by Gasteiger charge is 2.19. The smallest absolute Gasteiger partial charge is 0.306 e. The largest absolute Gasteiger partial charge is 0.462 e. The summed E-state index contributed by atoms with van der Waals surface area (Å²) in [6, 6.07) is 0. The van der Waals surface area contributed by atoms with Crippen LogP contribution in [0.25, 0.3) is 0 Å². The average Bonchev–Trinajstić information content (AvgIpc) is 3.31. The Balaban J connectivity index is 4.37. The first-order chi connectivity index (χ1) is 32.5. The van der Waals surface area contributed by atoms with Gasteiger partial charge >= 0.3 is 17.9 Å². The fourth-order valence-corrected chi connectivity index (χ4v) is 8.17. The molecule has 0 aliphatic heterocycles. The molecule has 0 rings (SSSR count). The van der Waals surface area contributed by atoms with Gasteiger partial charge in [-0.1, -0.05) is 223 Å². The van der Waals surface area contributed by atoms with E-state index >= 15 is 0 Å². The quantitative estimate of drug-likeness (QED) is 0.0262. The first-order valence-corrected chi connectivity index (χ1v) is 28.6. The highest BCUT2D eigenvalue weighted by molar-refractivity contribution is 5.71. The first kappa shape index (κ1) is 63.4. The van der Waals surface area contributed by atoms with Crippen molar-refractivity contribution in [2.75, 3.05) is 13.2 Å². The Bertz CT molecular complexity index is 1150. The fourth-order valence-electron chi connectivity index (χ4n) is 8.17. The molecule has 0 spiro atoms. The van der Waals surface area contributed by atoms with Gasteiger partial charge in [-0.3, -0.25) is 14.4 Å². The number of ether oxygens (including phenoxy) is 3. The van der Waals surface area contributed by atoms with Gasteiger partial charge in [-0.2, -0.15) is 0 Å². The maximum Gasteiger partial charge on any atom is 0.306 e. The summed E-state index contributed by atoms with van der Waals surface area (Å²) in [6.45, 7) is 6.61. The summed E-state index contributed by atoms with van der Waals surface area (Å²) in [6.07, 6.45) is 66.7. The van der Waals surface area contributed by atoms with E-state index in [1.54, 1.807) is 0 Å². The lowest BCUT2D eigenvalue weighted by Crippen LogP contribution is -2.30. The van der Waals surface area contributed by atoms with Crippen LogP contribution in [0, 0.1) is 0 Å². The lowest BCUT2D eigenvalue weighted by molar-refractivity contribution is -0.167. The van der Waals surface area contributed by atoms with E-state index in [2.05, 4.69) is 69.4 Å². The molecule has 1 unspecified atom stereocenters. The SMILES string of the molecule is CCCCC/C=C\C/C=C\CCCCCCCC(=O)OC(COC(=O)CCCCCCC/C=C\CCCCCCC)COC(=O)CCCCCCCCCCC/C=C\CCCCCCCC. The Labute approximate surface area is 409 Å². The molecule has 0 aromatic heterocycles. The second-order valence-electron chi connectivity index (χ2n) is 19.2. The number of carbonyl (C=O) groups excluding carboxylic acids is 3. The molecule has 0 aromatic rings. The minimum Gasteiger partial charge on any atom is -0.462 e. The van der Waals surface area contributed by atoms with Gasteiger partial charge in [0.2, 0.25) is 0 Å². The highest BCUT2D eigenvalue weighted by Crippen LogP contribution is 2.15. The maximum atomic E-state index is 12.8. The van der Waals surface area contributed by atoms with Crippen molar-refractivity contribution in [1.29, 1.82) is 0 Å². The number of hydrogen-bond donors (Lipinski definition) is 0. The van der Waals surface area contributed by atoms with Gasteiger partial charge in [0, 0.05) is 19.3 Å². The second-order valence-corrected chi connectivity index (χ2v) is 19.2. The number of esters is 3. The molecule has 0 bridgehead atoms. The van der Waals surface area contributed by atoms with Crippen molar-refractivity contribution in [3.8, 4) is 0 Å². The topological polar surface area (TPSA) is 78.9 Å². The normalized spacial score (nSPS) is 12.3. The molecule has 66 heavy (non-hydrogen) atoms. The second kappa shape index (κ2) is 55.0. The van der Waals surface area contributed by atoms with E-state index in [4.69, 9.17) is 14.2 Å². The number of rotatable bonds is 52. The van der Waals surface area contributed by atoms with Crippen molar-refractivity contribution in [1.82, 2.24) is 0 Å². The molecule has 0 amide bonds. The van der Waals surface area contributed by atoms with Crippen molar-refractivity contribution < 1.29 is 28.6 Å².